The predicted molar refractivity (Wildman–Crippen MR) is 66.1 cm³/mol. The summed E-state index contributed by atoms with van der Waals surface area (Å²) in [4.78, 5) is 11.6. The molecule has 0 radical (unpaired) electrons. The molecule has 0 aromatic rings. The zero-order chi connectivity index (χ0) is 11.8. The van der Waals surface area contributed by atoms with Crippen LogP contribution in [0.25, 0.3) is 0 Å². The molecule has 1 rings (SSSR count). The molecule has 0 saturated carbocycles. The Morgan fingerprint density at radius 2 is 2.44 bits per heavy atom. The quantitative estimate of drug-likeness (QED) is 0.578. The molecular formula is C12H25N3O. The number of hydrogen-bond donors (Lipinski definition) is 3. The Labute approximate surface area is 98.3 Å². The number of nitrogens with two attached hydrogens (primary N) is 1. The molecule has 0 bridgehead atoms. The zero-order valence-corrected chi connectivity index (χ0v) is 10.3. The van der Waals surface area contributed by atoms with Gasteiger partial charge in [0, 0.05) is 13.0 Å². The third-order valence-corrected chi connectivity index (χ3v) is 3.35. The van der Waals surface area contributed by atoms with E-state index in [2.05, 4.69) is 17.6 Å². The molecule has 0 aliphatic carbocycles. The summed E-state index contributed by atoms with van der Waals surface area (Å²) >= 11 is 0. The van der Waals surface area contributed by atoms with Gasteiger partial charge in [-0.3, -0.25) is 4.79 Å². The molecule has 2 atom stereocenters. The minimum absolute atomic E-state index is 0.173. The number of amides is 1. The molecule has 1 fully saturated rings. The van der Waals surface area contributed by atoms with Crippen LogP contribution in [-0.4, -0.2) is 32.1 Å². The van der Waals surface area contributed by atoms with E-state index in [4.69, 9.17) is 5.73 Å². The molecule has 94 valence electrons. The van der Waals surface area contributed by atoms with Gasteiger partial charge >= 0.3 is 0 Å². The molecule has 1 aliphatic heterocycles. The lowest BCUT2D eigenvalue weighted by Crippen LogP contribution is -2.35. The third kappa shape index (κ3) is 4.94. The summed E-state index contributed by atoms with van der Waals surface area (Å²) in [5.74, 6) is 1.31. The molecule has 4 N–H and O–H groups in total. The normalized spacial score (nSPS) is 22.8. The van der Waals surface area contributed by atoms with Gasteiger partial charge in [0.25, 0.3) is 0 Å². The van der Waals surface area contributed by atoms with Crippen LogP contribution in [0.4, 0.5) is 0 Å². The van der Waals surface area contributed by atoms with Crippen LogP contribution in [0.2, 0.25) is 0 Å². The number of carbonyl (C=O) groups is 1. The van der Waals surface area contributed by atoms with E-state index in [0.717, 1.165) is 19.5 Å². The Hall–Kier alpha value is -0.610. The van der Waals surface area contributed by atoms with Crippen molar-refractivity contribution >= 4 is 5.91 Å². The SMILES string of the molecule is CC(CC(=O)NCCCN)C1CCCNC1. The van der Waals surface area contributed by atoms with Gasteiger partial charge in [0.1, 0.15) is 0 Å². The van der Waals surface area contributed by atoms with Crippen LogP contribution in [0.3, 0.4) is 0 Å². The molecule has 16 heavy (non-hydrogen) atoms. The highest BCUT2D eigenvalue weighted by atomic mass is 16.1. The van der Waals surface area contributed by atoms with Crippen molar-refractivity contribution in [3.05, 3.63) is 0 Å². The van der Waals surface area contributed by atoms with Crippen molar-refractivity contribution in [3.8, 4) is 0 Å². The average molecular weight is 227 g/mol. The topological polar surface area (TPSA) is 67.2 Å². The summed E-state index contributed by atoms with van der Waals surface area (Å²) in [6, 6.07) is 0. The molecule has 0 aromatic heterocycles. The highest BCUT2D eigenvalue weighted by Crippen LogP contribution is 2.22. The first-order valence-electron chi connectivity index (χ1n) is 6.41. The van der Waals surface area contributed by atoms with Crippen LogP contribution in [-0.2, 0) is 4.79 Å². The van der Waals surface area contributed by atoms with Crippen LogP contribution in [0, 0.1) is 11.8 Å². The Morgan fingerprint density at radius 1 is 1.62 bits per heavy atom. The number of nitrogens with one attached hydrogen (secondary N) is 2. The second-order valence-corrected chi connectivity index (χ2v) is 4.78. The number of hydrogen-bond acceptors (Lipinski definition) is 3. The Bertz CT molecular complexity index is 202. The second-order valence-electron chi connectivity index (χ2n) is 4.78. The minimum Gasteiger partial charge on any atom is -0.356 e. The van der Waals surface area contributed by atoms with Gasteiger partial charge in [-0.25, -0.2) is 0 Å². The maximum atomic E-state index is 11.6. The van der Waals surface area contributed by atoms with Gasteiger partial charge in [0.15, 0.2) is 0 Å². The van der Waals surface area contributed by atoms with Gasteiger partial charge in [-0.2, -0.15) is 0 Å². The van der Waals surface area contributed by atoms with Gasteiger partial charge in [0.05, 0.1) is 0 Å². The number of piperidine rings is 1. The molecule has 1 saturated heterocycles. The van der Waals surface area contributed by atoms with E-state index in [-0.39, 0.29) is 5.91 Å². The van der Waals surface area contributed by atoms with Gasteiger partial charge in [-0.1, -0.05) is 6.92 Å². The van der Waals surface area contributed by atoms with E-state index in [9.17, 15) is 4.79 Å². The molecule has 1 amide bonds. The van der Waals surface area contributed by atoms with Gasteiger partial charge in [-0.05, 0) is 50.7 Å². The van der Waals surface area contributed by atoms with Crippen molar-refractivity contribution in [2.24, 2.45) is 17.6 Å². The summed E-state index contributed by atoms with van der Waals surface area (Å²) in [5.41, 5.74) is 5.37. The first kappa shape index (κ1) is 13.5. The van der Waals surface area contributed by atoms with E-state index in [1.165, 1.54) is 12.8 Å². The van der Waals surface area contributed by atoms with Crippen molar-refractivity contribution in [1.82, 2.24) is 10.6 Å². The Morgan fingerprint density at radius 3 is 3.06 bits per heavy atom. The van der Waals surface area contributed by atoms with Crippen LogP contribution < -0.4 is 16.4 Å². The van der Waals surface area contributed by atoms with Gasteiger partial charge < -0.3 is 16.4 Å². The van der Waals surface area contributed by atoms with E-state index in [1.54, 1.807) is 0 Å². The lowest BCUT2D eigenvalue weighted by Gasteiger charge is -2.28. The fourth-order valence-corrected chi connectivity index (χ4v) is 2.23. The molecule has 1 aliphatic rings. The van der Waals surface area contributed by atoms with Crippen molar-refractivity contribution in [1.29, 1.82) is 0 Å². The Balaban J connectivity index is 2.16. The average Bonchev–Trinajstić information content (AvgIpc) is 2.30. The van der Waals surface area contributed by atoms with Gasteiger partial charge in [-0.15, -0.1) is 0 Å². The molecule has 2 unspecified atom stereocenters. The molecule has 0 aromatic carbocycles. The fourth-order valence-electron chi connectivity index (χ4n) is 2.23. The third-order valence-electron chi connectivity index (χ3n) is 3.35. The van der Waals surface area contributed by atoms with Crippen LogP contribution >= 0.6 is 0 Å². The predicted octanol–water partition coefficient (Wildman–Crippen LogP) is 0.477. The first-order valence-corrected chi connectivity index (χ1v) is 6.41. The minimum atomic E-state index is 0.173. The molecular weight excluding hydrogens is 202 g/mol. The highest BCUT2D eigenvalue weighted by molar-refractivity contribution is 5.76. The monoisotopic (exact) mass is 227 g/mol. The van der Waals surface area contributed by atoms with Crippen LogP contribution in [0.1, 0.15) is 32.6 Å². The molecule has 4 nitrogen and oxygen atoms in total. The largest absolute Gasteiger partial charge is 0.356 e. The molecule has 1 heterocycles. The van der Waals surface area contributed by atoms with Crippen molar-refractivity contribution in [2.45, 2.75) is 32.6 Å². The highest BCUT2D eigenvalue weighted by Gasteiger charge is 2.21. The van der Waals surface area contributed by atoms with Crippen LogP contribution in [0.5, 0.6) is 0 Å². The van der Waals surface area contributed by atoms with E-state index in [1.807, 2.05) is 0 Å². The molecule has 4 heteroatoms. The lowest BCUT2D eigenvalue weighted by molar-refractivity contribution is -0.122. The number of carbonyl (C=O) groups excluding carboxylic acids is 1. The van der Waals surface area contributed by atoms with E-state index in [0.29, 0.717) is 31.3 Å². The van der Waals surface area contributed by atoms with Crippen molar-refractivity contribution in [3.63, 3.8) is 0 Å². The molecule has 0 spiro atoms. The zero-order valence-electron chi connectivity index (χ0n) is 10.3. The first-order chi connectivity index (χ1) is 7.74. The smallest absolute Gasteiger partial charge is 0.220 e. The maximum absolute atomic E-state index is 11.6. The second kappa shape index (κ2) is 7.63. The summed E-state index contributed by atoms with van der Waals surface area (Å²) < 4.78 is 0. The van der Waals surface area contributed by atoms with E-state index < -0.39 is 0 Å². The number of rotatable bonds is 6. The summed E-state index contributed by atoms with van der Waals surface area (Å²) in [7, 11) is 0. The van der Waals surface area contributed by atoms with E-state index >= 15 is 0 Å². The summed E-state index contributed by atoms with van der Waals surface area (Å²) in [6.45, 7) is 5.73. The Kier molecular flexibility index (Phi) is 6.42. The maximum Gasteiger partial charge on any atom is 0.220 e. The lowest BCUT2D eigenvalue weighted by atomic mass is 9.85. The van der Waals surface area contributed by atoms with Crippen molar-refractivity contribution < 1.29 is 4.79 Å². The van der Waals surface area contributed by atoms with Crippen LogP contribution in [0.15, 0.2) is 0 Å². The standard InChI is InChI=1S/C12H25N3O/c1-10(11-4-2-6-14-9-11)8-12(16)15-7-3-5-13/h10-11,14H,2-9,13H2,1H3,(H,15,16). The van der Waals surface area contributed by atoms with Gasteiger partial charge in [0.2, 0.25) is 5.91 Å². The summed E-state index contributed by atoms with van der Waals surface area (Å²) in [6.07, 6.45) is 4.01. The fraction of sp³-hybridized carbons (Fsp3) is 0.917. The van der Waals surface area contributed by atoms with Crippen molar-refractivity contribution in [2.75, 3.05) is 26.2 Å². The summed E-state index contributed by atoms with van der Waals surface area (Å²) in [5, 5.41) is 6.31.